The van der Waals surface area contributed by atoms with E-state index in [0.717, 1.165) is 23.7 Å². The number of halogens is 1. The summed E-state index contributed by atoms with van der Waals surface area (Å²) in [6, 6.07) is 7.54. The Kier molecular flexibility index (Phi) is 5.30. The predicted octanol–water partition coefficient (Wildman–Crippen LogP) is 2.93. The van der Waals surface area contributed by atoms with Crippen molar-refractivity contribution in [1.29, 1.82) is 0 Å². The van der Waals surface area contributed by atoms with Crippen LogP contribution in [0.4, 0.5) is 0 Å². The molecule has 1 aliphatic heterocycles. The zero-order chi connectivity index (χ0) is 18.0. The van der Waals surface area contributed by atoms with E-state index < -0.39 is 5.97 Å². The number of hydrogen-bond donors (Lipinski definition) is 1. The highest BCUT2D eigenvalue weighted by molar-refractivity contribution is 6.38. The van der Waals surface area contributed by atoms with E-state index >= 15 is 0 Å². The lowest BCUT2D eigenvalue weighted by Gasteiger charge is -2.25. The van der Waals surface area contributed by atoms with E-state index in [9.17, 15) is 9.59 Å². The van der Waals surface area contributed by atoms with E-state index in [1.165, 1.54) is 0 Å². The predicted molar refractivity (Wildman–Crippen MR) is 95.1 cm³/mol. The fraction of sp³-hybridized carbons (Fsp3) is 0.444. The summed E-state index contributed by atoms with van der Waals surface area (Å²) < 4.78 is 7.38. The fourth-order valence-electron chi connectivity index (χ4n) is 3.27. The number of para-hydroxylation sites is 1. The standard InChI is InChI=1S/C18H21ClN2O4/c1-20-14-7-3-2-6-13(14)16(19)17(20)18(24)21(9-8-15(22)23)11-12-5-4-10-25-12/h2-3,6-7,12H,4-5,8-11H2,1H3,(H,22,23). The van der Waals surface area contributed by atoms with Crippen LogP contribution in [0.5, 0.6) is 0 Å². The highest BCUT2D eigenvalue weighted by Crippen LogP contribution is 2.31. The molecule has 1 unspecified atom stereocenters. The summed E-state index contributed by atoms with van der Waals surface area (Å²) >= 11 is 6.46. The van der Waals surface area contributed by atoms with Gasteiger partial charge < -0.3 is 19.3 Å². The van der Waals surface area contributed by atoms with Crippen LogP contribution in [0, 0.1) is 0 Å². The molecule has 2 heterocycles. The molecule has 6 nitrogen and oxygen atoms in total. The van der Waals surface area contributed by atoms with Gasteiger partial charge in [0.25, 0.3) is 5.91 Å². The summed E-state index contributed by atoms with van der Waals surface area (Å²) in [6.45, 7) is 1.19. The van der Waals surface area contributed by atoms with Crippen LogP contribution < -0.4 is 0 Å². The summed E-state index contributed by atoms with van der Waals surface area (Å²) in [5, 5.41) is 10.2. The van der Waals surface area contributed by atoms with Gasteiger partial charge in [-0.15, -0.1) is 0 Å². The maximum Gasteiger partial charge on any atom is 0.305 e. The average Bonchev–Trinajstić information content (AvgIpc) is 3.19. The number of carbonyl (C=O) groups excluding carboxylic acids is 1. The number of hydrogen-bond acceptors (Lipinski definition) is 3. The molecule has 2 aromatic rings. The second-order valence-corrected chi connectivity index (χ2v) is 6.65. The normalized spacial score (nSPS) is 17.1. The van der Waals surface area contributed by atoms with E-state index in [-0.39, 0.29) is 25.0 Å². The number of aryl methyl sites for hydroxylation is 1. The molecule has 0 saturated carbocycles. The average molecular weight is 365 g/mol. The maximum absolute atomic E-state index is 13.1. The van der Waals surface area contributed by atoms with E-state index in [1.54, 1.807) is 16.5 Å². The van der Waals surface area contributed by atoms with Crippen molar-refractivity contribution < 1.29 is 19.4 Å². The summed E-state index contributed by atoms with van der Waals surface area (Å²) in [4.78, 5) is 25.6. The number of carbonyl (C=O) groups is 2. The Morgan fingerprint density at radius 3 is 2.80 bits per heavy atom. The molecule has 1 atom stereocenters. The number of benzene rings is 1. The van der Waals surface area contributed by atoms with Crippen LogP contribution in [-0.4, -0.2) is 52.3 Å². The van der Waals surface area contributed by atoms with Crippen molar-refractivity contribution in [3.8, 4) is 0 Å². The van der Waals surface area contributed by atoms with Gasteiger partial charge in [0.15, 0.2) is 0 Å². The number of nitrogens with zero attached hydrogens (tertiary/aromatic N) is 2. The van der Waals surface area contributed by atoms with Crippen molar-refractivity contribution in [3.63, 3.8) is 0 Å². The highest BCUT2D eigenvalue weighted by Gasteiger charge is 2.28. The van der Waals surface area contributed by atoms with Gasteiger partial charge in [0.1, 0.15) is 5.69 Å². The Hall–Kier alpha value is -2.05. The molecule has 1 aromatic carbocycles. The molecule has 1 amide bonds. The zero-order valence-electron chi connectivity index (χ0n) is 14.1. The van der Waals surface area contributed by atoms with Gasteiger partial charge in [0.05, 0.1) is 17.5 Å². The second kappa shape index (κ2) is 7.45. The van der Waals surface area contributed by atoms with Gasteiger partial charge in [-0.3, -0.25) is 9.59 Å². The van der Waals surface area contributed by atoms with Crippen LogP contribution in [0.3, 0.4) is 0 Å². The van der Waals surface area contributed by atoms with Crippen molar-refractivity contribution in [2.45, 2.75) is 25.4 Å². The molecule has 0 aliphatic carbocycles. The first-order valence-electron chi connectivity index (χ1n) is 8.34. The summed E-state index contributed by atoms with van der Waals surface area (Å²) in [6.07, 6.45) is 1.67. The quantitative estimate of drug-likeness (QED) is 0.855. The zero-order valence-corrected chi connectivity index (χ0v) is 14.8. The first kappa shape index (κ1) is 17.8. The number of rotatable bonds is 6. The molecule has 1 aromatic heterocycles. The molecule has 134 valence electrons. The minimum atomic E-state index is -0.937. The number of carboxylic acids is 1. The molecule has 0 radical (unpaired) electrons. The van der Waals surface area contributed by atoms with E-state index in [1.807, 2.05) is 24.3 Å². The van der Waals surface area contributed by atoms with Gasteiger partial charge in [-0.1, -0.05) is 29.8 Å². The summed E-state index contributed by atoms with van der Waals surface area (Å²) in [5.41, 5.74) is 1.25. The van der Waals surface area contributed by atoms with Gasteiger partial charge >= 0.3 is 5.97 Å². The first-order valence-corrected chi connectivity index (χ1v) is 8.72. The van der Waals surface area contributed by atoms with Crippen molar-refractivity contribution in [1.82, 2.24) is 9.47 Å². The molecule has 3 rings (SSSR count). The van der Waals surface area contributed by atoms with Crippen LogP contribution >= 0.6 is 11.6 Å². The van der Waals surface area contributed by atoms with Gasteiger partial charge in [0, 0.05) is 37.6 Å². The molecule has 1 fully saturated rings. The van der Waals surface area contributed by atoms with E-state index in [4.69, 9.17) is 21.4 Å². The highest BCUT2D eigenvalue weighted by atomic mass is 35.5. The van der Waals surface area contributed by atoms with Gasteiger partial charge in [0.2, 0.25) is 0 Å². The number of amides is 1. The van der Waals surface area contributed by atoms with Crippen LogP contribution in [0.2, 0.25) is 5.02 Å². The molecule has 0 spiro atoms. The Labute approximate surface area is 150 Å². The third-order valence-corrected chi connectivity index (χ3v) is 4.96. The molecule has 25 heavy (non-hydrogen) atoms. The second-order valence-electron chi connectivity index (χ2n) is 6.27. The minimum Gasteiger partial charge on any atom is -0.481 e. The Morgan fingerprint density at radius 1 is 1.40 bits per heavy atom. The third kappa shape index (κ3) is 3.65. The molecular formula is C18H21ClN2O4. The van der Waals surface area contributed by atoms with Crippen LogP contribution in [0.25, 0.3) is 10.9 Å². The van der Waals surface area contributed by atoms with Crippen LogP contribution in [-0.2, 0) is 16.6 Å². The monoisotopic (exact) mass is 364 g/mol. The van der Waals surface area contributed by atoms with Gasteiger partial charge in [-0.05, 0) is 18.9 Å². The third-order valence-electron chi connectivity index (χ3n) is 4.58. The lowest BCUT2D eigenvalue weighted by atomic mass is 10.2. The number of aliphatic carboxylic acids is 1. The van der Waals surface area contributed by atoms with Crippen molar-refractivity contribution in [2.24, 2.45) is 7.05 Å². The minimum absolute atomic E-state index is 0.0498. The fourth-order valence-corrected chi connectivity index (χ4v) is 3.64. The van der Waals surface area contributed by atoms with E-state index in [2.05, 4.69) is 0 Å². The molecular weight excluding hydrogens is 344 g/mol. The summed E-state index contributed by atoms with van der Waals surface area (Å²) in [5.74, 6) is -1.20. The topological polar surface area (TPSA) is 71.8 Å². The SMILES string of the molecule is Cn1c(C(=O)N(CCC(=O)O)CC2CCCO2)c(Cl)c2ccccc21. The maximum atomic E-state index is 13.1. The van der Waals surface area contributed by atoms with E-state index in [0.29, 0.717) is 23.9 Å². The summed E-state index contributed by atoms with van der Waals surface area (Å²) in [7, 11) is 1.79. The number of ether oxygens (including phenoxy) is 1. The lowest BCUT2D eigenvalue weighted by molar-refractivity contribution is -0.137. The van der Waals surface area contributed by atoms with Crippen LogP contribution in [0.1, 0.15) is 29.8 Å². The number of aromatic nitrogens is 1. The smallest absolute Gasteiger partial charge is 0.305 e. The molecule has 7 heteroatoms. The van der Waals surface area contributed by atoms with Crippen molar-refractivity contribution in [3.05, 3.63) is 35.0 Å². The lowest BCUT2D eigenvalue weighted by Crippen LogP contribution is -2.39. The molecule has 1 N–H and O–H groups in total. The molecule has 1 aliphatic rings. The van der Waals surface area contributed by atoms with Crippen molar-refractivity contribution >= 4 is 34.4 Å². The van der Waals surface area contributed by atoms with Crippen LogP contribution in [0.15, 0.2) is 24.3 Å². The van der Waals surface area contributed by atoms with Crippen molar-refractivity contribution in [2.75, 3.05) is 19.7 Å². The Balaban J connectivity index is 1.91. The Morgan fingerprint density at radius 2 is 2.16 bits per heavy atom. The largest absolute Gasteiger partial charge is 0.481 e. The molecule has 1 saturated heterocycles. The van der Waals surface area contributed by atoms with Gasteiger partial charge in [-0.2, -0.15) is 0 Å². The number of fused-ring (bicyclic) bond motifs is 1. The Bertz CT molecular complexity index is 757. The molecule has 0 bridgehead atoms. The number of carboxylic acid groups (broad SMARTS) is 1. The van der Waals surface area contributed by atoms with Gasteiger partial charge in [-0.25, -0.2) is 0 Å². The first-order chi connectivity index (χ1) is 12.0.